The van der Waals surface area contributed by atoms with E-state index in [1.807, 2.05) is 67.1 Å². The highest BCUT2D eigenvalue weighted by atomic mass is 79.9. The maximum atomic E-state index is 12.6. The minimum Gasteiger partial charge on any atom is -0.305 e. The van der Waals surface area contributed by atoms with Crippen molar-refractivity contribution in [1.29, 1.82) is 0 Å². The van der Waals surface area contributed by atoms with Gasteiger partial charge in [-0.3, -0.25) is 4.79 Å². The van der Waals surface area contributed by atoms with Crippen LogP contribution in [0, 0.1) is 0 Å². The number of halogens is 2. The first-order chi connectivity index (χ1) is 12.0. The third-order valence-electron chi connectivity index (χ3n) is 3.73. The summed E-state index contributed by atoms with van der Waals surface area (Å²) in [7, 11) is 1.87. The Kier molecular flexibility index (Phi) is 5.61. The number of aromatic nitrogens is 3. The fourth-order valence-electron chi connectivity index (χ4n) is 2.36. The molecule has 0 saturated carbocycles. The summed E-state index contributed by atoms with van der Waals surface area (Å²) < 4.78 is 2.80. The minimum atomic E-state index is -0.275. The third-order valence-corrected chi connectivity index (χ3v) is 5.72. The highest BCUT2D eigenvalue weighted by Crippen LogP contribution is 2.30. The van der Waals surface area contributed by atoms with Crippen LogP contribution in [0.25, 0.3) is 11.4 Å². The van der Waals surface area contributed by atoms with Gasteiger partial charge in [-0.15, -0.1) is 10.2 Å². The molecule has 0 spiro atoms. The molecule has 0 aliphatic carbocycles. The number of hydrogen-bond acceptors (Lipinski definition) is 4. The van der Waals surface area contributed by atoms with E-state index in [2.05, 4.69) is 26.1 Å². The molecule has 1 atom stereocenters. The highest BCUT2D eigenvalue weighted by Gasteiger charge is 2.21. The van der Waals surface area contributed by atoms with Gasteiger partial charge in [0.2, 0.25) is 0 Å². The van der Waals surface area contributed by atoms with E-state index in [9.17, 15) is 4.79 Å². The van der Waals surface area contributed by atoms with Gasteiger partial charge in [0.25, 0.3) is 0 Å². The number of carbonyl (C=O) groups excluding carboxylic acids is 1. The van der Waals surface area contributed by atoms with Gasteiger partial charge < -0.3 is 4.57 Å². The van der Waals surface area contributed by atoms with Crippen LogP contribution in [0.15, 0.2) is 58.2 Å². The van der Waals surface area contributed by atoms with Crippen LogP contribution in [0.2, 0.25) is 5.02 Å². The standard InChI is InChI=1S/C18H15BrClN3OS/c1-11(16(24)12-7-9-13(19)10-8-12)25-18-22-21-17(23(18)2)14-5-3-4-6-15(14)20/h3-11H,1-2H3. The number of hydrogen-bond donors (Lipinski definition) is 0. The lowest BCUT2D eigenvalue weighted by atomic mass is 10.1. The first kappa shape index (κ1) is 18.2. The molecule has 0 amide bonds. The Morgan fingerprint density at radius 3 is 2.52 bits per heavy atom. The van der Waals surface area contributed by atoms with Crippen molar-refractivity contribution in [3.05, 3.63) is 63.6 Å². The quantitative estimate of drug-likeness (QED) is 0.404. The second-order valence-corrected chi connectivity index (χ2v) is 8.11. The second kappa shape index (κ2) is 7.72. The Hall–Kier alpha value is -1.63. The topological polar surface area (TPSA) is 47.8 Å². The minimum absolute atomic E-state index is 0.0554. The van der Waals surface area contributed by atoms with Crippen molar-refractivity contribution in [1.82, 2.24) is 14.8 Å². The van der Waals surface area contributed by atoms with Gasteiger partial charge >= 0.3 is 0 Å². The fourth-order valence-corrected chi connectivity index (χ4v) is 3.73. The molecule has 25 heavy (non-hydrogen) atoms. The maximum Gasteiger partial charge on any atom is 0.191 e. The normalized spacial score (nSPS) is 12.2. The van der Waals surface area contributed by atoms with Crippen LogP contribution >= 0.6 is 39.3 Å². The molecule has 0 aliphatic rings. The van der Waals surface area contributed by atoms with E-state index in [1.165, 1.54) is 11.8 Å². The summed E-state index contributed by atoms with van der Waals surface area (Å²) in [6.45, 7) is 1.87. The largest absolute Gasteiger partial charge is 0.305 e. The summed E-state index contributed by atoms with van der Waals surface area (Å²) in [5.41, 5.74) is 1.50. The van der Waals surface area contributed by atoms with Gasteiger partial charge in [0, 0.05) is 22.6 Å². The molecule has 7 heteroatoms. The van der Waals surface area contributed by atoms with E-state index in [0.717, 1.165) is 10.0 Å². The first-order valence-electron chi connectivity index (χ1n) is 7.58. The fraction of sp³-hybridized carbons (Fsp3) is 0.167. The third kappa shape index (κ3) is 3.97. The van der Waals surface area contributed by atoms with Gasteiger partial charge in [-0.2, -0.15) is 0 Å². The molecule has 0 bridgehead atoms. The van der Waals surface area contributed by atoms with Gasteiger partial charge in [0.15, 0.2) is 16.8 Å². The summed E-state index contributed by atoms with van der Waals surface area (Å²) >= 11 is 11.0. The Morgan fingerprint density at radius 1 is 1.16 bits per heavy atom. The van der Waals surface area contributed by atoms with Gasteiger partial charge in [0.1, 0.15) is 0 Å². The first-order valence-corrected chi connectivity index (χ1v) is 9.63. The van der Waals surface area contributed by atoms with Gasteiger partial charge in [0.05, 0.1) is 10.3 Å². The molecule has 128 valence electrons. The molecule has 2 aromatic carbocycles. The molecule has 3 rings (SSSR count). The number of benzene rings is 2. The Morgan fingerprint density at radius 2 is 1.84 bits per heavy atom. The van der Waals surface area contributed by atoms with Crippen molar-refractivity contribution in [2.45, 2.75) is 17.3 Å². The van der Waals surface area contributed by atoms with Crippen molar-refractivity contribution in [2.24, 2.45) is 7.05 Å². The summed E-state index contributed by atoms with van der Waals surface area (Å²) in [6.07, 6.45) is 0. The van der Waals surface area contributed by atoms with Crippen molar-refractivity contribution in [3.8, 4) is 11.4 Å². The number of nitrogens with zero attached hydrogens (tertiary/aromatic N) is 3. The predicted molar refractivity (Wildman–Crippen MR) is 105 cm³/mol. The molecule has 0 saturated heterocycles. The van der Waals surface area contributed by atoms with E-state index in [1.54, 1.807) is 0 Å². The number of thioether (sulfide) groups is 1. The van der Waals surface area contributed by atoms with Crippen LogP contribution in [-0.2, 0) is 7.05 Å². The van der Waals surface area contributed by atoms with Crippen LogP contribution in [0.1, 0.15) is 17.3 Å². The van der Waals surface area contributed by atoms with Crippen LogP contribution in [0.3, 0.4) is 0 Å². The van der Waals surface area contributed by atoms with Crippen LogP contribution < -0.4 is 0 Å². The average molecular weight is 437 g/mol. The molecular formula is C18H15BrClN3OS. The number of rotatable bonds is 5. The smallest absolute Gasteiger partial charge is 0.191 e. The molecule has 4 nitrogen and oxygen atoms in total. The van der Waals surface area contributed by atoms with E-state index in [4.69, 9.17) is 11.6 Å². The van der Waals surface area contributed by atoms with Crippen molar-refractivity contribution in [3.63, 3.8) is 0 Å². The zero-order valence-corrected chi connectivity index (χ0v) is 16.8. The van der Waals surface area contributed by atoms with E-state index < -0.39 is 0 Å². The zero-order valence-electron chi connectivity index (χ0n) is 13.6. The monoisotopic (exact) mass is 435 g/mol. The lowest BCUT2D eigenvalue weighted by Crippen LogP contribution is -2.14. The Bertz CT molecular complexity index is 911. The summed E-state index contributed by atoms with van der Waals surface area (Å²) in [5, 5.41) is 9.47. The number of carbonyl (C=O) groups is 1. The molecule has 0 fully saturated rings. The SMILES string of the molecule is CC(Sc1nnc(-c2ccccc2Cl)n1C)C(=O)c1ccc(Br)cc1. The summed E-state index contributed by atoms with van der Waals surface area (Å²) in [6, 6.07) is 14.9. The Labute approximate surface area is 163 Å². The molecule has 0 N–H and O–H groups in total. The van der Waals surface area contributed by atoms with E-state index in [0.29, 0.717) is 21.6 Å². The molecule has 3 aromatic rings. The van der Waals surface area contributed by atoms with E-state index >= 15 is 0 Å². The molecular weight excluding hydrogens is 422 g/mol. The van der Waals surface area contributed by atoms with E-state index in [-0.39, 0.29) is 11.0 Å². The number of Topliss-reactive ketones (excluding diaryl/α,β-unsaturated/α-hetero) is 1. The van der Waals surface area contributed by atoms with Crippen molar-refractivity contribution < 1.29 is 4.79 Å². The molecule has 0 aliphatic heterocycles. The molecule has 1 aromatic heterocycles. The van der Waals surface area contributed by atoms with Crippen molar-refractivity contribution in [2.75, 3.05) is 0 Å². The zero-order chi connectivity index (χ0) is 18.0. The Balaban J connectivity index is 1.81. The molecule has 0 radical (unpaired) electrons. The van der Waals surface area contributed by atoms with Crippen LogP contribution in [0.5, 0.6) is 0 Å². The van der Waals surface area contributed by atoms with Crippen LogP contribution in [-0.4, -0.2) is 25.8 Å². The molecule has 1 heterocycles. The van der Waals surface area contributed by atoms with Crippen molar-refractivity contribution >= 4 is 45.1 Å². The lowest BCUT2D eigenvalue weighted by Gasteiger charge is -2.10. The van der Waals surface area contributed by atoms with Gasteiger partial charge in [-0.1, -0.05) is 63.6 Å². The predicted octanol–water partition coefficient (Wildman–Crippen LogP) is 5.26. The number of ketones is 1. The molecule has 1 unspecified atom stereocenters. The lowest BCUT2D eigenvalue weighted by molar-refractivity contribution is 0.0994. The van der Waals surface area contributed by atoms with Crippen LogP contribution in [0.4, 0.5) is 0 Å². The maximum absolute atomic E-state index is 12.6. The summed E-state index contributed by atoms with van der Waals surface area (Å²) in [5.74, 6) is 0.733. The summed E-state index contributed by atoms with van der Waals surface area (Å²) in [4.78, 5) is 12.6. The van der Waals surface area contributed by atoms with Gasteiger partial charge in [-0.25, -0.2) is 0 Å². The van der Waals surface area contributed by atoms with Gasteiger partial charge in [-0.05, 0) is 31.2 Å². The average Bonchev–Trinajstić information content (AvgIpc) is 2.96. The highest BCUT2D eigenvalue weighted by molar-refractivity contribution is 9.10. The second-order valence-electron chi connectivity index (χ2n) is 5.48.